The van der Waals surface area contributed by atoms with Crippen molar-refractivity contribution in [1.82, 2.24) is 0 Å². The topological polar surface area (TPSA) is 116 Å². The number of hydrogen-bond donors (Lipinski definition) is 1. The number of nitro groups is 1. The first-order valence-electron chi connectivity index (χ1n) is 6.17. The zero-order valence-electron chi connectivity index (χ0n) is 11.6. The molecule has 0 saturated heterocycles. The lowest BCUT2D eigenvalue weighted by Crippen LogP contribution is -2.15. The molecule has 1 aromatic carbocycles. The lowest BCUT2D eigenvalue weighted by molar-refractivity contribution is -0.385. The van der Waals surface area contributed by atoms with Crippen molar-refractivity contribution in [1.29, 1.82) is 0 Å². The summed E-state index contributed by atoms with van der Waals surface area (Å²) in [6.45, 7) is 2.52. The predicted octanol–water partition coefficient (Wildman–Crippen LogP) is 1.16. The molecule has 1 atom stereocenters. The summed E-state index contributed by atoms with van der Waals surface area (Å²) in [5.74, 6) is -2.50. The Morgan fingerprint density at radius 1 is 1.43 bits per heavy atom. The molecular formula is C13H15NO7. The van der Waals surface area contributed by atoms with Gasteiger partial charge in [0.2, 0.25) is 5.75 Å². The van der Waals surface area contributed by atoms with Crippen LogP contribution in [0.15, 0.2) is 18.2 Å². The van der Waals surface area contributed by atoms with Gasteiger partial charge in [0.25, 0.3) is 0 Å². The number of aliphatic hydroxyl groups excluding tert-OH is 1. The van der Waals surface area contributed by atoms with E-state index in [1.54, 1.807) is 13.8 Å². The smallest absolute Gasteiger partial charge is 0.337 e. The molecule has 0 saturated carbocycles. The molecule has 0 heterocycles. The summed E-state index contributed by atoms with van der Waals surface area (Å²) in [6, 6.07) is 3.77. The highest BCUT2D eigenvalue weighted by atomic mass is 16.6. The van der Waals surface area contributed by atoms with Crippen LogP contribution < -0.4 is 4.74 Å². The van der Waals surface area contributed by atoms with Crippen LogP contribution in [-0.2, 0) is 14.3 Å². The number of rotatable bonds is 6. The van der Waals surface area contributed by atoms with E-state index in [1.165, 1.54) is 12.1 Å². The number of ether oxygens (including phenoxy) is 2. The Bertz CT molecular complexity index is 555. The van der Waals surface area contributed by atoms with Crippen molar-refractivity contribution in [3.05, 3.63) is 33.9 Å². The van der Waals surface area contributed by atoms with Crippen molar-refractivity contribution in [3.63, 3.8) is 0 Å². The molecule has 0 spiro atoms. The van der Waals surface area contributed by atoms with E-state index in [0.29, 0.717) is 5.56 Å². The van der Waals surface area contributed by atoms with Crippen LogP contribution in [0.5, 0.6) is 5.75 Å². The van der Waals surface area contributed by atoms with E-state index in [9.17, 15) is 19.7 Å². The van der Waals surface area contributed by atoms with E-state index >= 15 is 0 Å². The molecule has 1 aromatic rings. The molecule has 8 nitrogen and oxygen atoms in total. The van der Waals surface area contributed by atoms with Gasteiger partial charge in [0, 0.05) is 6.07 Å². The number of nitro benzene ring substituents is 1. The number of nitrogens with zero attached hydrogens (tertiary/aromatic N) is 1. The van der Waals surface area contributed by atoms with Gasteiger partial charge in [0.15, 0.2) is 0 Å². The van der Waals surface area contributed by atoms with E-state index in [-0.39, 0.29) is 12.4 Å². The van der Waals surface area contributed by atoms with Crippen molar-refractivity contribution in [2.75, 3.05) is 13.2 Å². The van der Waals surface area contributed by atoms with E-state index in [0.717, 1.165) is 6.07 Å². The van der Waals surface area contributed by atoms with Crippen LogP contribution in [0.1, 0.15) is 25.3 Å². The van der Waals surface area contributed by atoms with Gasteiger partial charge >= 0.3 is 17.6 Å². The molecule has 1 N–H and O–H groups in total. The number of carbonyl (C=O) groups is 2. The lowest BCUT2D eigenvalue weighted by atomic mass is 10.0. The Kier molecular flexibility index (Phi) is 5.79. The Morgan fingerprint density at radius 3 is 2.62 bits per heavy atom. The normalized spacial score (nSPS) is 11.6. The SMILES string of the molecule is CCOC(=O)C(C)c1ccc(OC(=O)CO)c([N+](=O)[O-])c1. The Labute approximate surface area is 120 Å². The lowest BCUT2D eigenvalue weighted by Gasteiger charge is -2.11. The van der Waals surface area contributed by atoms with Crippen molar-refractivity contribution < 1.29 is 29.1 Å². The van der Waals surface area contributed by atoms with Crippen LogP contribution in [0, 0.1) is 10.1 Å². The summed E-state index contributed by atoms with van der Waals surface area (Å²) in [5.41, 5.74) is -0.102. The molecule has 0 bridgehead atoms. The van der Waals surface area contributed by atoms with Crippen LogP contribution in [-0.4, -0.2) is 35.2 Å². The third-order valence-electron chi connectivity index (χ3n) is 2.67. The van der Waals surface area contributed by atoms with Gasteiger partial charge in [-0.25, -0.2) is 4.79 Å². The molecule has 0 aromatic heterocycles. The Balaban J connectivity index is 3.11. The molecule has 0 aliphatic rings. The fourth-order valence-corrected chi connectivity index (χ4v) is 1.59. The molecule has 114 valence electrons. The number of aliphatic hydroxyl groups is 1. The van der Waals surface area contributed by atoms with Gasteiger partial charge in [-0.15, -0.1) is 0 Å². The molecule has 1 unspecified atom stereocenters. The second-order valence-corrected chi connectivity index (χ2v) is 4.09. The summed E-state index contributed by atoms with van der Waals surface area (Å²) in [4.78, 5) is 32.9. The van der Waals surface area contributed by atoms with Gasteiger partial charge in [-0.1, -0.05) is 6.07 Å². The predicted molar refractivity (Wildman–Crippen MR) is 70.9 cm³/mol. The summed E-state index contributed by atoms with van der Waals surface area (Å²) >= 11 is 0. The minimum absolute atomic E-state index is 0.206. The molecular weight excluding hydrogens is 282 g/mol. The maximum Gasteiger partial charge on any atom is 0.337 e. The molecule has 0 aliphatic heterocycles. The van der Waals surface area contributed by atoms with Crippen LogP contribution in [0.3, 0.4) is 0 Å². The zero-order valence-corrected chi connectivity index (χ0v) is 11.6. The highest BCUT2D eigenvalue weighted by Gasteiger charge is 2.23. The largest absolute Gasteiger partial charge is 0.466 e. The average Bonchev–Trinajstić information content (AvgIpc) is 2.46. The molecule has 8 heteroatoms. The minimum atomic E-state index is -1.01. The fourth-order valence-electron chi connectivity index (χ4n) is 1.59. The monoisotopic (exact) mass is 297 g/mol. The zero-order chi connectivity index (χ0) is 16.0. The summed E-state index contributed by atoms with van der Waals surface area (Å²) in [7, 11) is 0. The van der Waals surface area contributed by atoms with Crippen LogP contribution in [0.4, 0.5) is 5.69 Å². The minimum Gasteiger partial charge on any atom is -0.466 e. The molecule has 0 amide bonds. The summed E-state index contributed by atoms with van der Waals surface area (Å²) in [6.07, 6.45) is 0. The number of esters is 2. The van der Waals surface area contributed by atoms with Crippen molar-refractivity contribution in [2.45, 2.75) is 19.8 Å². The highest BCUT2D eigenvalue weighted by Crippen LogP contribution is 2.31. The molecule has 1 rings (SSSR count). The van der Waals surface area contributed by atoms with Crippen molar-refractivity contribution in [3.8, 4) is 5.75 Å². The van der Waals surface area contributed by atoms with E-state index in [2.05, 4.69) is 4.74 Å². The van der Waals surface area contributed by atoms with Gasteiger partial charge in [-0.3, -0.25) is 14.9 Å². The first-order chi connectivity index (χ1) is 9.90. The average molecular weight is 297 g/mol. The quantitative estimate of drug-likeness (QED) is 0.362. The standard InChI is InChI=1S/C13H15NO7/c1-3-20-13(17)8(2)9-4-5-11(21-12(16)7-15)10(6-9)14(18)19/h4-6,8,15H,3,7H2,1-2H3. The first kappa shape index (κ1) is 16.6. The summed E-state index contributed by atoms with van der Waals surface area (Å²) < 4.78 is 9.50. The molecule has 21 heavy (non-hydrogen) atoms. The van der Waals surface area contributed by atoms with Crippen molar-refractivity contribution >= 4 is 17.6 Å². The number of carbonyl (C=O) groups excluding carboxylic acids is 2. The van der Waals surface area contributed by atoms with Crippen LogP contribution in [0.25, 0.3) is 0 Å². The van der Waals surface area contributed by atoms with Gasteiger partial charge in [0.05, 0.1) is 17.4 Å². The third kappa shape index (κ3) is 4.25. The van der Waals surface area contributed by atoms with E-state index in [1.807, 2.05) is 0 Å². The van der Waals surface area contributed by atoms with Gasteiger partial charge in [0.1, 0.15) is 6.61 Å². The number of hydrogen-bond acceptors (Lipinski definition) is 7. The first-order valence-corrected chi connectivity index (χ1v) is 6.17. The summed E-state index contributed by atoms with van der Waals surface area (Å²) in [5, 5.41) is 19.6. The van der Waals surface area contributed by atoms with E-state index < -0.39 is 35.1 Å². The maximum absolute atomic E-state index is 11.6. The third-order valence-corrected chi connectivity index (χ3v) is 2.67. The van der Waals surface area contributed by atoms with Gasteiger partial charge < -0.3 is 14.6 Å². The Morgan fingerprint density at radius 2 is 2.10 bits per heavy atom. The molecule has 0 radical (unpaired) electrons. The maximum atomic E-state index is 11.6. The molecule has 0 aliphatic carbocycles. The fraction of sp³-hybridized carbons (Fsp3) is 0.385. The van der Waals surface area contributed by atoms with Crippen molar-refractivity contribution in [2.24, 2.45) is 0 Å². The van der Waals surface area contributed by atoms with Crippen LogP contribution in [0.2, 0.25) is 0 Å². The van der Waals surface area contributed by atoms with E-state index in [4.69, 9.17) is 9.84 Å². The second-order valence-electron chi connectivity index (χ2n) is 4.09. The van der Waals surface area contributed by atoms with Crippen LogP contribution >= 0.6 is 0 Å². The molecule has 0 fully saturated rings. The Hall–Kier alpha value is -2.48. The van der Waals surface area contributed by atoms with Gasteiger partial charge in [-0.2, -0.15) is 0 Å². The van der Waals surface area contributed by atoms with Gasteiger partial charge in [-0.05, 0) is 25.5 Å². The highest BCUT2D eigenvalue weighted by molar-refractivity contribution is 5.79. The second kappa shape index (κ2) is 7.34. The number of benzene rings is 1.